The summed E-state index contributed by atoms with van der Waals surface area (Å²) < 4.78 is 1.53. The molecule has 0 aliphatic rings. The standard InChI is InChI=1S/C13H7Cl4NO3/c1-18-4-2-3-5(18)12(19)6-7(13(20)21)9(15)11(17)10(16)8(6)14/h2-4H,1H3,(H,20,21). The number of carboxylic acids is 1. The number of ketones is 1. The van der Waals surface area contributed by atoms with E-state index in [0.717, 1.165) is 0 Å². The van der Waals surface area contributed by atoms with Gasteiger partial charge in [0.25, 0.3) is 0 Å². The number of aryl methyl sites for hydroxylation is 1. The van der Waals surface area contributed by atoms with E-state index in [4.69, 9.17) is 46.4 Å². The summed E-state index contributed by atoms with van der Waals surface area (Å²) in [6, 6.07) is 3.17. The summed E-state index contributed by atoms with van der Waals surface area (Å²) in [5, 5.41) is 8.37. The van der Waals surface area contributed by atoms with Crippen molar-refractivity contribution >= 4 is 58.2 Å². The fraction of sp³-hybridized carbons (Fsp3) is 0.0769. The number of nitrogens with zero attached hydrogens (tertiary/aromatic N) is 1. The van der Waals surface area contributed by atoms with Gasteiger partial charge in [0.2, 0.25) is 5.78 Å². The van der Waals surface area contributed by atoms with Crippen LogP contribution in [-0.2, 0) is 7.05 Å². The van der Waals surface area contributed by atoms with E-state index < -0.39 is 17.3 Å². The molecule has 4 nitrogen and oxygen atoms in total. The number of carbonyl (C=O) groups excluding carboxylic acids is 1. The Hall–Kier alpha value is -1.20. The number of benzene rings is 1. The van der Waals surface area contributed by atoms with E-state index in [1.54, 1.807) is 19.3 Å². The Morgan fingerprint density at radius 2 is 1.52 bits per heavy atom. The maximum Gasteiger partial charge on any atom is 0.338 e. The van der Waals surface area contributed by atoms with Crippen LogP contribution in [0.25, 0.3) is 0 Å². The number of aromatic carboxylic acids is 1. The molecular weight excluding hydrogens is 360 g/mol. The monoisotopic (exact) mass is 365 g/mol. The van der Waals surface area contributed by atoms with Crippen LogP contribution in [0.15, 0.2) is 18.3 Å². The van der Waals surface area contributed by atoms with Crippen LogP contribution < -0.4 is 0 Å². The molecule has 0 aliphatic heterocycles. The number of hydrogen-bond acceptors (Lipinski definition) is 2. The first-order valence-corrected chi connectivity index (χ1v) is 7.03. The van der Waals surface area contributed by atoms with Crippen molar-refractivity contribution in [2.45, 2.75) is 0 Å². The fourth-order valence-corrected chi connectivity index (χ4v) is 2.89. The Morgan fingerprint density at radius 1 is 1.00 bits per heavy atom. The minimum Gasteiger partial charge on any atom is -0.478 e. The van der Waals surface area contributed by atoms with Crippen molar-refractivity contribution in [2.24, 2.45) is 7.05 Å². The minimum absolute atomic E-state index is 0.161. The average molecular weight is 367 g/mol. The first kappa shape index (κ1) is 16.2. The fourth-order valence-electron chi connectivity index (χ4n) is 1.87. The van der Waals surface area contributed by atoms with E-state index in [-0.39, 0.29) is 31.3 Å². The molecule has 2 rings (SSSR count). The lowest BCUT2D eigenvalue weighted by Gasteiger charge is -2.13. The molecule has 1 aromatic heterocycles. The quantitative estimate of drug-likeness (QED) is 0.491. The highest BCUT2D eigenvalue weighted by Crippen LogP contribution is 2.42. The Labute approximate surface area is 139 Å². The van der Waals surface area contributed by atoms with Crippen molar-refractivity contribution < 1.29 is 14.7 Å². The van der Waals surface area contributed by atoms with Crippen LogP contribution in [0.3, 0.4) is 0 Å². The molecule has 2 aromatic rings. The first-order chi connectivity index (χ1) is 9.77. The van der Waals surface area contributed by atoms with Crippen molar-refractivity contribution in [1.29, 1.82) is 0 Å². The van der Waals surface area contributed by atoms with Crippen molar-refractivity contribution in [3.8, 4) is 0 Å². The zero-order valence-electron chi connectivity index (χ0n) is 10.5. The normalized spacial score (nSPS) is 10.7. The zero-order chi connectivity index (χ0) is 15.9. The zero-order valence-corrected chi connectivity index (χ0v) is 13.5. The number of halogens is 4. The summed E-state index contributed by atoms with van der Waals surface area (Å²) in [6.07, 6.45) is 1.64. The second-order valence-corrected chi connectivity index (χ2v) is 5.66. The summed E-state index contributed by atoms with van der Waals surface area (Å²) in [5.74, 6) is -2.02. The molecule has 0 fully saturated rings. The van der Waals surface area contributed by atoms with Gasteiger partial charge in [-0.05, 0) is 12.1 Å². The van der Waals surface area contributed by atoms with Crippen LogP contribution >= 0.6 is 46.4 Å². The maximum absolute atomic E-state index is 12.6. The third-order valence-corrected chi connectivity index (χ3v) is 4.69. The van der Waals surface area contributed by atoms with Crippen LogP contribution in [0, 0.1) is 0 Å². The van der Waals surface area contributed by atoms with Gasteiger partial charge in [0.15, 0.2) is 0 Å². The number of rotatable bonds is 3. The highest BCUT2D eigenvalue weighted by Gasteiger charge is 2.30. The average Bonchev–Trinajstić information content (AvgIpc) is 2.85. The Bertz CT molecular complexity index is 767. The Morgan fingerprint density at radius 3 is 1.95 bits per heavy atom. The van der Waals surface area contributed by atoms with E-state index >= 15 is 0 Å². The third kappa shape index (κ3) is 2.64. The predicted molar refractivity (Wildman–Crippen MR) is 82.3 cm³/mol. The molecule has 0 radical (unpaired) electrons. The van der Waals surface area contributed by atoms with Crippen LogP contribution in [0.5, 0.6) is 0 Å². The van der Waals surface area contributed by atoms with Crippen LogP contribution in [0.1, 0.15) is 26.4 Å². The molecule has 1 heterocycles. The molecule has 110 valence electrons. The first-order valence-electron chi connectivity index (χ1n) is 5.52. The van der Waals surface area contributed by atoms with Crippen molar-refractivity contribution in [2.75, 3.05) is 0 Å². The number of aromatic nitrogens is 1. The molecular formula is C13H7Cl4NO3. The number of hydrogen-bond donors (Lipinski definition) is 1. The molecule has 0 unspecified atom stereocenters. The molecule has 0 bridgehead atoms. The highest BCUT2D eigenvalue weighted by atomic mass is 35.5. The van der Waals surface area contributed by atoms with Gasteiger partial charge in [-0.15, -0.1) is 0 Å². The smallest absolute Gasteiger partial charge is 0.338 e. The molecule has 0 amide bonds. The van der Waals surface area contributed by atoms with Crippen molar-refractivity contribution in [1.82, 2.24) is 4.57 Å². The summed E-state index contributed by atoms with van der Waals surface area (Å²) >= 11 is 23.7. The van der Waals surface area contributed by atoms with Gasteiger partial charge < -0.3 is 9.67 Å². The van der Waals surface area contributed by atoms with Gasteiger partial charge in [0.1, 0.15) is 0 Å². The highest BCUT2D eigenvalue weighted by molar-refractivity contribution is 6.54. The molecule has 0 aliphatic carbocycles. The third-order valence-electron chi connectivity index (χ3n) is 2.88. The van der Waals surface area contributed by atoms with E-state index in [1.165, 1.54) is 10.6 Å². The molecule has 0 saturated heterocycles. The van der Waals surface area contributed by atoms with E-state index in [0.29, 0.717) is 0 Å². The SMILES string of the molecule is Cn1cccc1C(=O)c1c(Cl)c(Cl)c(Cl)c(Cl)c1C(=O)O. The van der Waals surface area contributed by atoms with Gasteiger partial charge in [0.05, 0.1) is 36.9 Å². The lowest BCUT2D eigenvalue weighted by molar-refractivity contribution is 0.0693. The van der Waals surface area contributed by atoms with Crippen LogP contribution in [-0.4, -0.2) is 21.4 Å². The maximum atomic E-state index is 12.6. The molecule has 8 heteroatoms. The molecule has 1 aromatic carbocycles. The number of carboxylic acid groups (broad SMARTS) is 1. The largest absolute Gasteiger partial charge is 0.478 e. The second-order valence-electron chi connectivity index (χ2n) is 4.14. The van der Waals surface area contributed by atoms with Crippen LogP contribution in [0.4, 0.5) is 0 Å². The van der Waals surface area contributed by atoms with Crippen molar-refractivity contribution in [3.05, 3.63) is 55.2 Å². The van der Waals surface area contributed by atoms with Crippen LogP contribution in [0.2, 0.25) is 20.1 Å². The lowest BCUT2D eigenvalue weighted by atomic mass is 10.0. The molecule has 1 N–H and O–H groups in total. The summed E-state index contributed by atoms with van der Waals surface area (Å²) in [7, 11) is 1.64. The molecule has 0 spiro atoms. The predicted octanol–water partition coefficient (Wildman–Crippen LogP) is 4.57. The van der Waals surface area contributed by atoms with E-state index in [9.17, 15) is 14.7 Å². The topological polar surface area (TPSA) is 59.3 Å². The van der Waals surface area contributed by atoms with E-state index in [1.807, 2.05) is 0 Å². The second kappa shape index (κ2) is 5.89. The summed E-state index contributed by atoms with van der Waals surface area (Å²) in [4.78, 5) is 24.0. The summed E-state index contributed by atoms with van der Waals surface area (Å²) in [6.45, 7) is 0. The van der Waals surface area contributed by atoms with Gasteiger partial charge in [-0.3, -0.25) is 4.79 Å². The molecule has 0 saturated carbocycles. The molecule has 0 atom stereocenters. The molecule has 21 heavy (non-hydrogen) atoms. The Balaban J connectivity index is 2.83. The van der Waals surface area contributed by atoms with Gasteiger partial charge >= 0.3 is 5.97 Å². The Kier molecular flexibility index (Phi) is 4.54. The van der Waals surface area contributed by atoms with Gasteiger partial charge in [-0.2, -0.15) is 0 Å². The van der Waals surface area contributed by atoms with E-state index in [2.05, 4.69) is 0 Å². The van der Waals surface area contributed by atoms with Gasteiger partial charge in [-0.1, -0.05) is 46.4 Å². The van der Waals surface area contributed by atoms with Gasteiger partial charge in [0, 0.05) is 13.2 Å². The van der Waals surface area contributed by atoms with Gasteiger partial charge in [-0.25, -0.2) is 4.79 Å². The number of carbonyl (C=O) groups is 2. The minimum atomic E-state index is -1.42. The summed E-state index contributed by atoms with van der Waals surface area (Å²) in [5.41, 5.74) is -0.513. The lowest BCUT2D eigenvalue weighted by Crippen LogP contribution is -2.14. The van der Waals surface area contributed by atoms with Crippen molar-refractivity contribution in [3.63, 3.8) is 0 Å².